The van der Waals surface area contributed by atoms with Gasteiger partial charge in [0, 0.05) is 35.0 Å². The minimum absolute atomic E-state index is 0.0382. The topological polar surface area (TPSA) is 65.1 Å². The number of hydrogen-bond acceptors (Lipinski definition) is 6. The van der Waals surface area contributed by atoms with Gasteiger partial charge < -0.3 is 0 Å². The molecule has 32 heavy (non-hydrogen) atoms. The van der Waals surface area contributed by atoms with Crippen molar-refractivity contribution >= 4 is 28.1 Å². The highest BCUT2D eigenvalue weighted by molar-refractivity contribution is 7.98. The average Bonchev–Trinajstić information content (AvgIpc) is 3.51. The molecular weight excluding hydrogens is 438 g/mol. The number of rotatable bonds is 5. The molecule has 166 valence electrons. The SMILES string of the molecule is CC(C)(C)c1ccc(-c2nnc(SCc3cc(=O)n4ccsc4n3)n2C2CCCC2)cc1. The Balaban J connectivity index is 1.46. The van der Waals surface area contributed by atoms with Gasteiger partial charge in [-0.2, -0.15) is 0 Å². The summed E-state index contributed by atoms with van der Waals surface area (Å²) in [6.45, 7) is 6.68. The van der Waals surface area contributed by atoms with Gasteiger partial charge in [0.05, 0.1) is 5.69 Å². The highest BCUT2D eigenvalue weighted by Gasteiger charge is 2.25. The molecule has 1 fully saturated rings. The molecular formula is C24H27N5OS2. The summed E-state index contributed by atoms with van der Waals surface area (Å²) in [4.78, 5) is 17.7. The molecule has 0 bridgehead atoms. The number of benzene rings is 1. The van der Waals surface area contributed by atoms with Gasteiger partial charge >= 0.3 is 0 Å². The molecule has 8 heteroatoms. The van der Waals surface area contributed by atoms with Crippen LogP contribution in [0, 0.1) is 0 Å². The van der Waals surface area contributed by atoms with Crippen molar-refractivity contribution in [3.63, 3.8) is 0 Å². The van der Waals surface area contributed by atoms with Gasteiger partial charge in [-0.05, 0) is 23.8 Å². The van der Waals surface area contributed by atoms with Crippen LogP contribution in [0.15, 0.2) is 51.9 Å². The molecule has 0 aliphatic heterocycles. The second-order valence-electron chi connectivity index (χ2n) is 9.37. The van der Waals surface area contributed by atoms with Crippen LogP contribution in [-0.4, -0.2) is 24.1 Å². The summed E-state index contributed by atoms with van der Waals surface area (Å²) in [6, 6.07) is 10.8. The first kappa shape index (κ1) is 21.4. The van der Waals surface area contributed by atoms with Crippen molar-refractivity contribution in [2.24, 2.45) is 0 Å². The number of thiazole rings is 1. The summed E-state index contributed by atoms with van der Waals surface area (Å²) < 4.78 is 3.90. The van der Waals surface area contributed by atoms with Crippen molar-refractivity contribution in [3.05, 3.63) is 63.5 Å². The Bertz CT molecular complexity index is 1290. The highest BCUT2D eigenvalue weighted by atomic mass is 32.2. The number of nitrogens with zero attached hydrogens (tertiary/aromatic N) is 5. The van der Waals surface area contributed by atoms with Gasteiger partial charge in [-0.15, -0.1) is 21.5 Å². The molecule has 1 aliphatic rings. The summed E-state index contributed by atoms with van der Waals surface area (Å²) in [5, 5.41) is 12.0. The summed E-state index contributed by atoms with van der Waals surface area (Å²) in [7, 11) is 0. The fourth-order valence-electron chi connectivity index (χ4n) is 4.28. The van der Waals surface area contributed by atoms with Gasteiger partial charge in [-0.3, -0.25) is 13.8 Å². The van der Waals surface area contributed by atoms with Crippen LogP contribution in [0.3, 0.4) is 0 Å². The highest BCUT2D eigenvalue weighted by Crippen LogP contribution is 2.37. The van der Waals surface area contributed by atoms with Crippen molar-refractivity contribution in [2.45, 2.75) is 68.8 Å². The summed E-state index contributed by atoms with van der Waals surface area (Å²) in [5.74, 6) is 1.53. The molecule has 0 N–H and O–H groups in total. The van der Waals surface area contributed by atoms with Crippen molar-refractivity contribution < 1.29 is 0 Å². The molecule has 0 unspecified atom stereocenters. The molecule has 1 aliphatic carbocycles. The second kappa shape index (κ2) is 8.48. The Hall–Kier alpha value is -2.45. The van der Waals surface area contributed by atoms with Crippen LogP contribution in [-0.2, 0) is 11.2 Å². The predicted molar refractivity (Wildman–Crippen MR) is 131 cm³/mol. The van der Waals surface area contributed by atoms with Crippen molar-refractivity contribution in [1.29, 1.82) is 0 Å². The Morgan fingerprint density at radius 3 is 2.59 bits per heavy atom. The molecule has 0 saturated heterocycles. The normalized spacial score (nSPS) is 15.1. The lowest BCUT2D eigenvalue weighted by Gasteiger charge is -2.20. The van der Waals surface area contributed by atoms with Crippen LogP contribution in [0.2, 0.25) is 0 Å². The van der Waals surface area contributed by atoms with Crippen LogP contribution in [0.25, 0.3) is 16.3 Å². The largest absolute Gasteiger partial charge is 0.299 e. The maximum Gasteiger partial charge on any atom is 0.258 e. The van der Waals surface area contributed by atoms with Gasteiger partial charge in [-0.1, -0.05) is 69.6 Å². The van der Waals surface area contributed by atoms with E-state index in [0.29, 0.717) is 11.8 Å². The number of thioether (sulfide) groups is 1. The molecule has 1 aromatic carbocycles. The van der Waals surface area contributed by atoms with Crippen LogP contribution in [0.4, 0.5) is 0 Å². The number of fused-ring (bicyclic) bond motifs is 1. The summed E-state index contributed by atoms with van der Waals surface area (Å²) in [5.41, 5.74) is 3.27. The molecule has 3 aromatic heterocycles. The number of hydrogen-bond donors (Lipinski definition) is 0. The predicted octanol–water partition coefficient (Wildman–Crippen LogP) is 5.72. The first-order chi connectivity index (χ1) is 15.4. The summed E-state index contributed by atoms with van der Waals surface area (Å²) >= 11 is 3.09. The fourth-order valence-corrected chi connectivity index (χ4v) is 5.92. The molecule has 0 atom stereocenters. The van der Waals surface area contributed by atoms with Crippen molar-refractivity contribution in [1.82, 2.24) is 24.1 Å². The average molecular weight is 466 g/mol. The first-order valence-corrected chi connectivity index (χ1v) is 12.9. The van der Waals surface area contributed by atoms with E-state index < -0.39 is 0 Å². The first-order valence-electron chi connectivity index (χ1n) is 11.0. The third-order valence-corrected chi connectivity index (χ3v) is 7.80. The maximum atomic E-state index is 12.3. The molecule has 0 amide bonds. The van der Waals surface area contributed by atoms with E-state index in [1.807, 2.05) is 5.38 Å². The lowest BCUT2D eigenvalue weighted by molar-refractivity contribution is 0.485. The molecule has 1 saturated carbocycles. The van der Waals surface area contributed by atoms with Crippen molar-refractivity contribution in [2.75, 3.05) is 0 Å². The van der Waals surface area contributed by atoms with E-state index in [-0.39, 0.29) is 11.0 Å². The van der Waals surface area contributed by atoms with Crippen molar-refractivity contribution in [3.8, 4) is 11.4 Å². The Kier molecular flexibility index (Phi) is 5.67. The molecule has 0 radical (unpaired) electrons. The van der Waals surface area contributed by atoms with Crippen LogP contribution in [0.1, 0.15) is 63.8 Å². The van der Waals surface area contributed by atoms with Crippen LogP contribution >= 0.6 is 23.1 Å². The molecule has 4 aromatic rings. The lowest BCUT2D eigenvalue weighted by Crippen LogP contribution is -2.13. The molecule has 0 spiro atoms. The Morgan fingerprint density at radius 2 is 1.88 bits per heavy atom. The van der Waals surface area contributed by atoms with E-state index in [1.54, 1.807) is 28.4 Å². The summed E-state index contributed by atoms with van der Waals surface area (Å²) in [6.07, 6.45) is 6.55. The van der Waals surface area contributed by atoms with Gasteiger partial charge in [-0.25, -0.2) is 4.98 Å². The van der Waals surface area contributed by atoms with Crippen LogP contribution in [0.5, 0.6) is 0 Å². The van der Waals surface area contributed by atoms with Crippen LogP contribution < -0.4 is 5.56 Å². The van der Waals surface area contributed by atoms with E-state index in [9.17, 15) is 4.79 Å². The zero-order valence-electron chi connectivity index (χ0n) is 18.6. The minimum atomic E-state index is -0.0382. The van der Waals surface area contributed by atoms with Gasteiger partial charge in [0.2, 0.25) is 0 Å². The quantitative estimate of drug-likeness (QED) is 0.353. The van der Waals surface area contributed by atoms with E-state index in [0.717, 1.165) is 40.0 Å². The molecule has 3 heterocycles. The van der Waals surface area contributed by atoms with Gasteiger partial charge in [0.1, 0.15) is 0 Å². The smallest absolute Gasteiger partial charge is 0.258 e. The zero-order chi connectivity index (χ0) is 22.3. The third-order valence-electron chi connectivity index (χ3n) is 6.07. The van der Waals surface area contributed by atoms with Gasteiger partial charge in [0.25, 0.3) is 5.56 Å². The standard InChI is InChI=1S/C24H27N5OS2/c1-24(2,3)17-10-8-16(9-11-17)21-26-27-23(29(21)19-6-4-5-7-19)32-15-18-14-20(30)28-12-13-31-22(28)25-18/h8-14,19H,4-7,15H2,1-3H3. The molecule has 5 rings (SSSR count). The Labute approximate surface area is 195 Å². The molecule has 6 nitrogen and oxygen atoms in total. The zero-order valence-corrected chi connectivity index (χ0v) is 20.2. The lowest BCUT2D eigenvalue weighted by atomic mass is 9.86. The fraction of sp³-hybridized carbons (Fsp3) is 0.417. The monoisotopic (exact) mass is 465 g/mol. The van der Waals surface area contributed by atoms with E-state index in [2.05, 4.69) is 64.8 Å². The third kappa shape index (κ3) is 4.13. The van der Waals surface area contributed by atoms with Gasteiger partial charge in [0.15, 0.2) is 15.9 Å². The van der Waals surface area contributed by atoms with E-state index in [1.165, 1.54) is 29.7 Å². The minimum Gasteiger partial charge on any atom is -0.299 e. The van der Waals surface area contributed by atoms with E-state index in [4.69, 9.17) is 0 Å². The van der Waals surface area contributed by atoms with E-state index >= 15 is 0 Å². The Morgan fingerprint density at radius 1 is 1.12 bits per heavy atom. The second-order valence-corrected chi connectivity index (χ2v) is 11.2. The maximum absolute atomic E-state index is 12.3. The number of aromatic nitrogens is 5.